The van der Waals surface area contributed by atoms with Crippen LogP contribution in [0.2, 0.25) is 0 Å². The summed E-state index contributed by atoms with van der Waals surface area (Å²) in [5.74, 6) is -0.981. The standard InChI is InChI=1S/C3H9N.C3H4O2/c1-4(2)3;1-2-3(4)5/h1-3H3;2H,1H2,(H,4,5). The lowest BCUT2D eigenvalue weighted by Gasteiger charge is -1.90. The highest BCUT2D eigenvalue weighted by atomic mass is 16.4. The van der Waals surface area contributed by atoms with Crippen molar-refractivity contribution in [1.29, 1.82) is 0 Å². The molecule has 1 N–H and O–H groups in total. The second kappa shape index (κ2) is 7.17. The topological polar surface area (TPSA) is 40.5 Å². The molecule has 0 heterocycles. The van der Waals surface area contributed by atoms with Gasteiger partial charge < -0.3 is 10.0 Å². The van der Waals surface area contributed by atoms with Gasteiger partial charge >= 0.3 is 5.97 Å². The second-order valence-corrected chi connectivity index (χ2v) is 1.88. The maximum Gasteiger partial charge on any atom is 0.327 e. The molecule has 3 nitrogen and oxygen atoms in total. The van der Waals surface area contributed by atoms with Gasteiger partial charge in [0.15, 0.2) is 0 Å². The first-order chi connectivity index (χ1) is 4.00. The molecule has 0 aliphatic heterocycles. The molecule has 0 bridgehead atoms. The predicted molar refractivity (Wildman–Crippen MR) is 37.4 cm³/mol. The van der Waals surface area contributed by atoms with Crippen LogP contribution in [-0.4, -0.2) is 37.1 Å². The summed E-state index contributed by atoms with van der Waals surface area (Å²) in [6.07, 6.45) is 0.833. The Morgan fingerprint density at radius 3 is 1.67 bits per heavy atom. The molecule has 0 saturated heterocycles. The predicted octanol–water partition coefficient (Wildman–Crippen LogP) is 0.435. The quantitative estimate of drug-likeness (QED) is 0.525. The minimum atomic E-state index is -0.981. The average Bonchev–Trinajstić information content (AvgIpc) is 1.65. The molecule has 0 rings (SSSR count). The van der Waals surface area contributed by atoms with Crippen molar-refractivity contribution >= 4 is 5.97 Å². The fourth-order valence-corrected chi connectivity index (χ4v) is 0. The van der Waals surface area contributed by atoms with E-state index in [-0.39, 0.29) is 0 Å². The lowest BCUT2D eigenvalue weighted by Crippen LogP contribution is -1.99. The Hall–Kier alpha value is -0.830. The third-order valence-electron chi connectivity index (χ3n) is 0.175. The number of carboxylic acid groups (broad SMARTS) is 1. The number of carboxylic acids is 1. The molecule has 0 atom stereocenters. The summed E-state index contributed by atoms with van der Waals surface area (Å²) in [5, 5.41) is 7.60. The summed E-state index contributed by atoms with van der Waals surface area (Å²) in [7, 11) is 6.00. The van der Waals surface area contributed by atoms with Crippen LogP contribution in [0.4, 0.5) is 0 Å². The van der Waals surface area contributed by atoms with Crippen LogP contribution in [0.5, 0.6) is 0 Å². The van der Waals surface area contributed by atoms with Gasteiger partial charge in [-0.25, -0.2) is 4.79 Å². The minimum absolute atomic E-state index is 0.833. The van der Waals surface area contributed by atoms with Crippen molar-refractivity contribution in [1.82, 2.24) is 4.90 Å². The second-order valence-electron chi connectivity index (χ2n) is 1.88. The first kappa shape index (κ1) is 11.0. The normalized spacial score (nSPS) is 7.56. The molecule has 0 radical (unpaired) electrons. The molecule has 0 aliphatic rings. The Morgan fingerprint density at radius 1 is 1.56 bits per heavy atom. The number of carbonyl (C=O) groups is 1. The van der Waals surface area contributed by atoms with E-state index in [0.717, 1.165) is 6.08 Å². The zero-order chi connectivity index (χ0) is 7.86. The SMILES string of the molecule is C=CC(=O)O.CN(C)C. The third kappa shape index (κ3) is 140. The molecule has 0 amide bonds. The van der Waals surface area contributed by atoms with Crippen molar-refractivity contribution in [3.05, 3.63) is 12.7 Å². The largest absolute Gasteiger partial charge is 0.478 e. The number of hydrogen-bond acceptors (Lipinski definition) is 2. The van der Waals surface area contributed by atoms with Crippen molar-refractivity contribution in [3.8, 4) is 0 Å². The van der Waals surface area contributed by atoms with Crippen LogP contribution in [0.1, 0.15) is 0 Å². The van der Waals surface area contributed by atoms with Gasteiger partial charge in [0.1, 0.15) is 0 Å². The molecular weight excluding hydrogens is 118 g/mol. The van der Waals surface area contributed by atoms with Gasteiger partial charge in [-0.2, -0.15) is 0 Å². The van der Waals surface area contributed by atoms with Crippen molar-refractivity contribution in [3.63, 3.8) is 0 Å². The smallest absolute Gasteiger partial charge is 0.327 e. The van der Waals surface area contributed by atoms with Gasteiger partial charge in [-0.1, -0.05) is 6.58 Å². The molecule has 9 heavy (non-hydrogen) atoms. The van der Waals surface area contributed by atoms with Crippen LogP contribution in [0.15, 0.2) is 12.7 Å². The van der Waals surface area contributed by atoms with Crippen molar-refractivity contribution in [2.45, 2.75) is 0 Å². The summed E-state index contributed by atoms with van der Waals surface area (Å²) in [6, 6.07) is 0. The van der Waals surface area contributed by atoms with Gasteiger partial charge in [-0.3, -0.25) is 0 Å². The highest BCUT2D eigenvalue weighted by molar-refractivity contribution is 5.78. The number of rotatable bonds is 1. The van der Waals surface area contributed by atoms with Crippen LogP contribution in [0.25, 0.3) is 0 Å². The summed E-state index contributed by atoms with van der Waals surface area (Å²) in [5.41, 5.74) is 0. The van der Waals surface area contributed by atoms with E-state index in [9.17, 15) is 4.79 Å². The Balaban J connectivity index is 0. The molecule has 0 aromatic heterocycles. The maximum absolute atomic E-state index is 9.25. The molecule has 0 unspecified atom stereocenters. The van der Waals surface area contributed by atoms with E-state index in [1.54, 1.807) is 0 Å². The molecule has 0 saturated carbocycles. The van der Waals surface area contributed by atoms with Crippen LogP contribution in [-0.2, 0) is 4.79 Å². The first-order valence-corrected chi connectivity index (χ1v) is 2.47. The van der Waals surface area contributed by atoms with Crippen molar-refractivity contribution in [2.24, 2.45) is 0 Å². The lowest BCUT2D eigenvalue weighted by atomic mass is 10.7. The van der Waals surface area contributed by atoms with Crippen LogP contribution in [0.3, 0.4) is 0 Å². The molecule has 0 spiro atoms. The fourth-order valence-electron chi connectivity index (χ4n) is 0. The molecule has 54 valence electrons. The van der Waals surface area contributed by atoms with Crippen molar-refractivity contribution in [2.75, 3.05) is 21.1 Å². The minimum Gasteiger partial charge on any atom is -0.478 e. The highest BCUT2D eigenvalue weighted by Crippen LogP contribution is 1.54. The van der Waals surface area contributed by atoms with Crippen LogP contribution >= 0.6 is 0 Å². The molecule has 0 aromatic carbocycles. The van der Waals surface area contributed by atoms with E-state index >= 15 is 0 Å². The Labute approximate surface area is 55.6 Å². The lowest BCUT2D eigenvalue weighted by molar-refractivity contribution is -0.131. The molecule has 0 fully saturated rings. The zero-order valence-corrected chi connectivity index (χ0v) is 6.09. The Morgan fingerprint density at radius 2 is 1.67 bits per heavy atom. The Kier molecular flexibility index (Phi) is 8.79. The zero-order valence-electron chi connectivity index (χ0n) is 6.09. The molecular formula is C6H13NO2. The molecule has 0 aliphatic carbocycles. The third-order valence-corrected chi connectivity index (χ3v) is 0.175. The van der Waals surface area contributed by atoms with E-state index in [2.05, 4.69) is 6.58 Å². The highest BCUT2D eigenvalue weighted by Gasteiger charge is 1.73. The summed E-state index contributed by atoms with van der Waals surface area (Å²) in [4.78, 5) is 11.2. The van der Waals surface area contributed by atoms with E-state index in [1.165, 1.54) is 0 Å². The number of nitrogens with zero attached hydrogens (tertiary/aromatic N) is 1. The van der Waals surface area contributed by atoms with E-state index < -0.39 is 5.97 Å². The first-order valence-electron chi connectivity index (χ1n) is 2.47. The van der Waals surface area contributed by atoms with E-state index in [1.807, 2.05) is 26.0 Å². The van der Waals surface area contributed by atoms with Crippen LogP contribution in [0, 0.1) is 0 Å². The maximum atomic E-state index is 9.25. The summed E-state index contributed by atoms with van der Waals surface area (Å²) >= 11 is 0. The van der Waals surface area contributed by atoms with Gasteiger partial charge in [-0.15, -0.1) is 0 Å². The van der Waals surface area contributed by atoms with Gasteiger partial charge in [0.05, 0.1) is 0 Å². The van der Waals surface area contributed by atoms with Gasteiger partial charge in [0.2, 0.25) is 0 Å². The molecule has 0 aromatic rings. The number of hydrogen-bond donors (Lipinski definition) is 1. The van der Waals surface area contributed by atoms with Gasteiger partial charge in [0.25, 0.3) is 0 Å². The summed E-state index contributed by atoms with van der Waals surface area (Å²) < 4.78 is 0. The molecule has 3 heteroatoms. The van der Waals surface area contributed by atoms with E-state index in [0.29, 0.717) is 0 Å². The van der Waals surface area contributed by atoms with E-state index in [4.69, 9.17) is 5.11 Å². The van der Waals surface area contributed by atoms with Crippen LogP contribution < -0.4 is 0 Å². The summed E-state index contributed by atoms with van der Waals surface area (Å²) in [6.45, 7) is 2.96. The Bertz CT molecular complexity index is 86.3. The average molecular weight is 131 g/mol. The number of aliphatic carboxylic acids is 1. The van der Waals surface area contributed by atoms with Gasteiger partial charge in [0, 0.05) is 6.08 Å². The monoisotopic (exact) mass is 131 g/mol. The van der Waals surface area contributed by atoms with Gasteiger partial charge in [-0.05, 0) is 21.1 Å². The van der Waals surface area contributed by atoms with Crippen molar-refractivity contribution < 1.29 is 9.90 Å². The fraction of sp³-hybridized carbons (Fsp3) is 0.500.